The molecule has 5 rings (SSSR count). The van der Waals surface area contributed by atoms with Crippen LogP contribution in [0.25, 0.3) is 10.8 Å². The number of ketones is 2. The first-order valence-electron chi connectivity index (χ1n) is 11.3. The third-order valence-corrected chi connectivity index (χ3v) is 6.52. The molecule has 4 aromatic rings. The smallest absolute Gasteiger partial charge is 0.339 e. The van der Waals surface area contributed by atoms with Gasteiger partial charge in [-0.25, -0.2) is 4.79 Å². The average molecular weight is 498 g/mol. The van der Waals surface area contributed by atoms with Crippen molar-refractivity contribution in [3.63, 3.8) is 0 Å². The van der Waals surface area contributed by atoms with E-state index in [4.69, 9.17) is 16.3 Å². The molecule has 1 aliphatic rings. The fourth-order valence-electron chi connectivity index (χ4n) is 4.43. The van der Waals surface area contributed by atoms with Crippen molar-refractivity contribution in [3.8, 4) is 0 Å². The van der Waals surface area contributed by atoms with Crippen LogP contribution in [0.5, 0.6) is 0 Å². The molecule has 2 atom stereocenters. The summed E-state index contributed by atoms with van der Waals surface area (Å²) in [7, 11) is 0. The second-order valence-electron chi connectivity index (χ2n) is 8.59. The number of halogens is 1. The predicted molar refractivity (Wildman–Crippen MR) is 136 cm³/mol. The molecule has 36 heavy (non-hydrogen) atoms. The van der Waals surface area contributed by atoms with E-state index in [9.17, 15) is 19.2 Å². The van der Waals surface area contributed by atoms with E-state index in [0.717, 1.165) is 10.8 Å². The van der Waals surface area contributed by atoms with Crippen LogP contribution in [0.15, 0.2) is 84.9 Å². The summed E-state index contributed by atoms with van der Waals surface area (Å²) in [5.74, 6) is -4.81. The largest absolute Gasteiger partial charge is 0.453 e. The number of cyclic esters (lactones) is 1. The van der Waals surface area contributed by atoms with Crippen LogP contribution in [0.4, 0.5) is 5.69 Å². The molecule has 7 heteroatoms. The maximum Gasteiger partial charge on any atom is 0.339 e. The monoisotopic (exact) mass is 497 g/mol. The third kappa shape index (κ3) is 4.27. The summed E-state index contributed by atoms with van der Waals surface area (Å²) < 4.78 is 5.51. The van der Waals surface area contributed by atoms with Crippen molar-refractivity contribution in [1.82, 2.24) is 0 Å². The standard InChI is InChI=1S/C29H20ClNO5/c1-16-14-20(30)12-13-23(16)31-28(34)26(33)24(27-21-8-4-5-9-22(21)29(35)36-27)25(32)19-11-10-17-6-2-3-7-18(17)15-19/h2-15,24,27H,1H3,(H,31,34)/t24-,27+/m0/s1. The Morgan fingerprint density at radius 2 is 1.61 bits per heavy atom. The molecule has 1 heterocycles. The Kier molecular flexibility index (Phi) is 6.12. The number of ether oxygens (including phenoxy) is 1. The van der Waals surface area contributed by atoms with E-state index in [1.165, 1.54) is 0 Å². The average Bonchev–Trinajstić information content (AvgIpc) is 3.21. The molecular weight excluding hydrogens is 478 g/mol. The molecule has 178 valence electrons. The van der Waals surface area contributed by atoms with Gasteiger partial charge in [0.2, 0.25) is 5.78 Å². The number of amides is 1. The van der Waals surface area contributed by atoms with Gasteiger partial charge in [-0.05, 0) is 53.6 Å². The number of aryl methyl sites for hydroxylation is 1. The van der Waals surface area contributed by atoms with Crippen molar-refractivity contribution in [1.29, 1.82) is 0 Å². The minimum absolute atomic E-state index is 0.239. The minimum atomic E-state index is -1.56. The summed E-state index contributed by atoms with van der Waals surface area (Å²) in [6, 6.07) is 23.9. The molecular formula is C29H20ClNO5. The van der Waals surface area contributed by atoms with Crippen LogP contribution in [0, 0.1) is 12.8 Å². The van der Waals surface area contributed by atoms with Crippen LogP contribution in [0.1, 0.15) is 37.9 Å². The summed E-state index contributed by atoms with van der Waals surface area (Å²) >= 11 is 5.99. The molecule has 0 bridgehead atoms. The van der Waals surface area contributed by atoms with Gasteiger partial charge in [0.25, 0.3) is 5.91 Å². The molecule has 0 spiro atoms. The molecule has 0 aromatic heterocycles. The molecule has 0 saturated carbocycles. The summed E-state index contributed by atoms with van der Waals surface area (Å²) in [5.41, 5.74) is 1.94. The Labute approximate surface area is 211 Å². The number of nitrogens with one attached hydrogen (secondary N) is 1. The van der Waals surface area contributed by atoms with Gasteiger partial charge in [0.05, 0.1) is 5.56 Å². The first-order chi connectivity index (χ1) is 17.3. The van der Waals surface area contributed by atoms with Crippen LogP contribution in [0.2, 0.25) is 5.02 Å². The summed E-state index contributed by atoms with van der Waals surface area (Å²) in [4.78, 5) is 53.0. The highest BCUT2D eigenvalue weighted by molar-refractivity contribution is 6.45. The number of rotatable bonds is 6. The molecule has 1 N–H and O–H groups in total. The normalized spacial score (nSPS) is 15.2. The number of hydrogen-bond acceptors (Lipinski definition) is 5. The van der Waals surface area contributed by atoms with Crippen molar-refractivity contribution in [3.05, 3.63) is 112 Å². The number of fused-ring (bicyclic) bond motifs is 2. The van der Waals surface area contributed by atoms with Crippen molar-refractivity contribution >= 4 is 51.5 Å². The Balaban J connectivity index is 1.54. The number of carbonyl (C=O) groups excluding carboxylic acids is 4. The molecule has 1 aliphatic heterocycles. The summed E-state index contributed by atoms with van der Waals surface area (Å²) in [6.45, 7) is 1.73. The second-order valence-corrected chi connectivity index (χ2v) is 9.03. The SMILES string of the molecule is Cc1cc(Cl)ccc1NC(=O)C(=O)[C@H](C(=O)c1ccc2ccccc2c1)[C@@H]1OC(=O)c2ccccc21. The van der Waals surface area contributed by atoms with Gasteiger partial charge in [0, 0.05) is 21.8 Å². The van der Waals surface area contributed by atoms with Crippen molar-refractivity contribution < 1.29 is 23.9 Å². The van der Waals surface area contributed by atoms with Gasteiger partial charge < -0.3 is 10.1 Å². The topological polar surface area (TPSA) is 89.5 Å². The third-order valence-electron chi connectivity index (χ3n) is 6.28. The number of anilines is 1. The van der Waals surface area contributed by atoms with Gasteiger partial charge in [-0.3, -0.25) is 14.4 Å². The quantitative estimate of drug-likeness (QED) is 0.159. The van der Waals surface area contributed by atoms with Gasteiger partial charge in [0.15, 0.2) is 5.78 Å². The van der Waals surface area contributed by atoms with E-state index in [-0.39, 0.29) is 11.1 Å². The van der Waals surface area contributed by atoms with E-state index < -0.39 is 35.5 Å². The molecule has 0 aliphatic carbocycles. The van der Waals surface area contributed by atoms with E-state index in [0.29, 0.717) is 21.8 Å². The van der Waals surface area contributed by atoms with Crippen LogP contribution in [-0.2, 0) is 14.3 Å². The highest BCUT2D eigenvalue weighted by Gasteiger charge is 2.46. The van der Waals surface area contributed by atoms with Crippen molar-refractivity contribution in [2.45, 2.75) is 13.0 Å². The number of esters is 1. The maximum atomic E-state index is 13.8. The molecule has 0 fully saturated rings. The fourth-order valence-corrected chi connectivity index (χ4v) is 4.66. The van der Waals surface area contributed by atoms with Crippen LogP contribution < -0.4 is 5.32 Å². The zero-order chi connectivity index (χ0) is 25.4. The molecule has 6 nitrogen and oxygen atoms in total. The number of hydrogen-bond donors (Lipinski definition) is 1. The van der Waals surface area contributed by atoms with E-state index in [1.807, 2.05) is 24.3 Å². The van der Waals surface area contributed by atoms with Crippen molar-refractivity contribution in [2.24, 2.45) is 5.92 Å². The van der Waals surface area contributed by atoms with Crippen LogP contribution in [0.3, 0.4) is 0 Å². The van der Waals surface area contributed by atoms with Gasteiger partial charge in [-0.2, -0.15) is 0 Å². The number of carbonyl (C=O) groups is 4. The van der Waals surface area contributed by atoms with Crippen molar-refractivity contribution in [2.75, 3.05) is 5.32 Å². The van der Waals surface area contributed by atoms with E-state index >= 15 is 0 Å². The number of benzene rings is 4. The first kappa shape index (κ1) is 23.5. The van der Waals surface area contributed by atoms with Crippen LogP contribution >= 0.6 is 11.6 Å². The first-order valence-corrected chi connectivity index (χ1v) is 11.7. The predicted octanol–water partition coefficient (Wildman–Crippen LogP) is 5.72. The Morgan fingerprint density at radius 1 is 0.889 bits per heavy atom. The van der Waals surface area contributed by atoms with Gasteiger partial charge in [-0.15, -0.1) is 0 Å². The summed E-state index contributed by atoms with van der Waals surface area (Å²) in [6.07, 6.45) is -1.22. The minimum Gasteiger partial charge on any atom is -0.453 e. The Bertz CT molecular complexity index is 1560. The fraction of sp³-hybridized carbons (Fsp3) is 0.103. The Hall–Kier alpha value is -4.29. The van der Waals surface area contributed by atoms with E-state index in [1.54, 1.807) is 67.6 Å². The molecule has 4 aromatic carbocycles. The lowest BCUT2D eigenvalue weighted by Crippen LogP contribution is -2.38. The van der Waals surface area contributed by atoms with Gasteiger partial charge >= 0.3 is 5.97 Å². The van der Waals surface area contributed by atoms with E-state index in [2.05, 4.69) is 5.32 Å². The molecule has 0 unspecified atom stereocenters. The molecule has 1 amide bonds. The van der Waals surface area contributed by atoms with Gasteiger partial charge in [-0.1, -0.05) is 66.2 Å². The maximum absolute atomic E-state index is 13.8. The lowest BCUT2D eigenvalue weighted by molar-refractivity contribution is -0.138. The lowest BCUT2D eigenvalue weighted by Gasteiger charge is -2.21. The molecule has 0 saturated heterocycles. The molecule has 0 radical (unpaired) electrons. The van der Waals surface area contributed by atoms with Crippen LogP contribution in [-0.4, -0.2) is 23.4 Å². The number of Topliss-reactive ketones (excluding diaryl/α,β-unsaturated/α-hetero) is 2. The zero-order valence-corrected chi connectivity index (χ0v) is 19.9. The lowest BCUT2D eigenvalue weighted by atomic mass is 9.84. The zero-order valence-electron chi connectivity index (χ0n) is 19.2. The second kappa shape index (κ2) is 9.40. The highest BCUT2D eigenvalue weighted by atomic mass is 35.5. The summed E-state index contributed by atoms with van der Waals surface area (Å²) in [5, 5.41) is 4.78. The Morgan fingerprint density at radius 3 is 2.39 bits per heavy atom. The highest BCUT2D eigenvalue weighted by Crippen LogP contribution is 2.38. The van der Waals surface area contributed by atoms with Gasteiger partial charge in [0.1, 0.15) is 12.0 Å².